The van der Waals surface area contributed by atoms with E-state index in [9.17, 15) is 9.59 Å². The third-order valence-electron chi connectivity index (χ3n) is 4.48. The summed E-state index contributed by atoms with van der Waals surface area (Å²) in [6, 6.07) is 7.47. The maximum atomic E-state index is 12.8. The SMILES string of the molecule is COC(=O)c1c(NC(=O)c2ccccc2SC)sc2c1CC[C@H](C)C2. The lowest BCUT2D eigenvalue weighted by Crippen LogP contribution is -2.16. The number of esters is 1. The van der Waals surface area contributed by atoms with Crippen molar-refractivity contribution in [2.75, 3.05) is 18.7 Å². The summed E-state index contributed by atoms with van der Waals surface area (Å²) in [5, 5.41) is 3.56. The molecule has 1 aliphatic carbocycles. The second kappa shape index (κ2) is 7.62. The summed E-state index contributed by atoms with van der Waals surface area (Å²) < 4.78 is 4.97. The minimum absolute atomic E-state index is 0.193. The van der Waals surface area contributed by atoms with Crippen LogP contribution in [0.15, 0.2) is 29.2 Å². The smallest absolute Gasteiger partial charge is 0.341 e. The van der Waals surface area contributed by atoms with Gasteiger partial charge in [-0.2, -0.15) is 0 Å². The number of benzene rings is 1. The molecule has 0 saturated carbocycles. The molecule has 0 aliphatic heterocycles. The molecule has 1 atom stereocenters. The van der Waals surface area contributed by atoms with Gasteiger partial charge in [0.15, 0.2) is 0 Å². The Balaban J connectivity index is 1.97. The first kappa shape index (κ1) is 18.0. The van der Waals surface area contributed by atoms with E-state index in [0.29, 0.717) is 22.0 Å². The summed E-state index contributed by atoms with van der Waals surface area (Å²) in [7, 11) is 1.38. The standard InChI is InChI=1S/C19H21NO3S2/c1-11-8-9-12-15(10-11)25-18(16(12)19(22)23-2)20-17(21)13-6-4-5-7-14(13)24-3/h4-7,11H,8-10H2,1-3H3,(H,20,21)/t11-/m0/s1. The molecule has 6 heteroatoms. The molecule has 0 bridgehead atoms. The lowest BCUT2D eigenvalue weighted by atomic mass is 9.88. The number of hydrogen-bond acceptors (Lipinski definition) is 5. The summed E-state index contributed by atoms with van der Waals surface area (Å²) >= 11 is 3.03. The molecule has 1 N–H and O–H groups in total. The van der Waals surface area contributed by atoms with Crippen LogP contribution in [0, 0.1) is 5.92 Å². The largest absolute Gasteiger partial charge is 0.465 e. The van der Waals surface area contributed by atoms with Gasteiger partial charge in [-0.15, -0.1) is 23.1 Å². The summed E-state index contributed by atoms with van der Waals surface area (Å²) in [6.07, 6.45) is 4.80. The van der Waals surface area contributed by atoms with E-state index in [1.807, 2.05) is 24.5 Å². The number of rotatable bonds is 4. The van der Waals surface area contributed by atoms with Crippen molar-refractivity contribution in [1.82, 2.24) is 0 Å². The topological polar surface area (TPSA) is 55.4 Å². The first-order chi connectivity index (χ1) is 12.0. The third kappa shape index (κ3) is 3.60. The van der Waals surface area contributed by atoms with E-state index in [1.165, 1.54) is 35.1 Å². The van der Waals surface area contributed by atoms with Crippen LogP contribution >= 0.6 is 23.1 Å². The highest BCUT2D eigenvalue weighted by atomic mass is 32.2. The van der Waals surface area contributed by atoms with Crippen LogP contribution < -0.4 is 5.32 Å². The molecule has 1 aromatic heterocycles. The van der Waals surface area contributed by atoms with Gasteiger partial charge in [0.25, 0.3) is 5.91 Å². The van der Waals surface area contributed by atoms with E-state index >= 15 is 0 Å². The lowest BCUT2D eigenvalue weighted by molar-refractivity contribution is 0.0601. The molecule has 1 heterocycles. The predicted octanol–water partition coefficient (Wildman–Crippen LogP) is 4.63. The van der Waals surface area contributed by atoms with Crippen LogP contribution in [0.1, 0.15) is 44.5 Å². The van der Waals surface area contributed by atoms with Crippen molar-refractivity contribution in [3.8, 4) is 0 Å². The number of amides is 1. The first-order valence-corrected chi connectivity index (χ1v) is 10.3. The quantitative estimate of drug-likeness (QED) is 0.625. The number of hydrogen-bond donors (Lipinski definition) is 1. The Labute approximate surface area is 156 Å². The van der Waals surface area contributed by atoms with Gasteiger partial charge in [0.1, 0.15) is 5.00 Å². The number of methoxy groups -OCH3 is 1. The third-order valence-corrected chi connectivity index (χ3v) is 6.45. The summed E-state index contributed by atoms with van der Waals surface area (Å²) in [5.74, 6) is 0.0275. The zero-order valence-corrected chi connectivity index (χ0v) is 16.2. The van der Waals surface area contributed by atoms with Gasteiger partial charge in [0.05, 0.1) is 18.2 Å². The Morgan fingerprint density at radius 1 is 1.32 bits per heavy atom. The molecular weight excluding hydrogens is 354 g/mol. The number of thioether (sulfide) groups is 1. The summed E-state index contributed by atoms with van der Waals surface area (Å²) in [6.45, 7) is 2.22. The Hall–Kier alpha value is -1.79. The van der Waals surface area contributed by atoms with Crippen LogP contribution in [0.3, 0.4) is 0 Å². The molecule has 25 heavy (non-hydrogen) atoms. The van der Waals surface area contributed by atoms with Gasteiger partial charge in [-0.3, -0.25) is 4.79 Å². The maximum Gasteiger partial charge on any atom is 0.341 e. The fourth-order valence-electron chi connectivity index (χ4n) is 3.16. The number of nitrogens with one attached hydrogen (secondary N) is 1. The molecule has 0 saturated heterocycles. The average molecular weight is 376 g/mol. The molecule has 0 spiro atoms. The van der Waals surface area contributed by atoms with E-state index in [1.54, 1.807) is 6.07 Å². The number of carbonyl (C=O) groups excluding carboxylic acids is 2. The number of fused-ring (bicyclic) bond motifs is 1. The maximum absolute atomic E-state index is 12.8. The molecule has 4 nitrogen and oxygen atoms in total. The van der Waals surface area contributed by atoms with Crippen LogP contribution in [0.25, 0.3) is 0 Å². The van der Waals surface area contributed by atoms with Crippen molar-refractivity contribution in [1.29, 1.82) is 0 Å². The molecule has 1 aliphatic rings. The molecule has 1 aromatic carbocycles. The Morgan fingerprint density at radius 3 is 2.80 bits per heavy atom. The molecule has 1 amide bonds. The van der Waals surface area contributed by atoms with Gasteiger partial charge in [0, 0.05) is 9.77 Å². The minimum atomic E-state index is -0.375. The highest BCUT2D eigenvalue weighted by molar-refractivity contribution is 7.98. The molecule has 0 unspecified atom stereocenters. The molecule has 132 valence electrons. The van der Waals surface area contributed by atoms with Crippen molar-refractivity contribution < 1.29 is 14.3 Å². The second-order valence-electron chi connectivity index (χ2n) is 6.20. The van der Waals surface area contributed by atoms with Gasteiger partial charge in [-0.1, -0.05) is 19.1 Å². The molecule has 2 aromatic rings. The second-order valence-corrected chi connectivity index (χ2v) is 8.16. The normalized spacial score (nSPS) is 16.2. The van der Waals surface area contributed by atoms with Crippen molar-refractivity contribution in [3.63, 3.8) is 0 Å². The Bertz CT molecular complexity index is 813. The Kier molecular flexibility index (Phi) is 5.49. The minimum Gasteiger partial charge on any atom is -0.465 e. The fraction of sp³-hybridized carbons (Fsp3) is 0.368. The predicted molar refractivity (Wildman–Crippen MR) is 103 cm³/mol. The monoisotopic (exact) mass is 375 g/mol. The van der Waals surface area contributed by atoms with E-state index in [0.717, 1.165) is 29.7 Å². The number of ether oxygens (including phenoxy) is 1. The van der Waals surface area contributed by atoms with Crippen LogP contribution in [0.2, 0.25) is 0 Å². The van der Waals surface area contributed by atoms with Crippen LogP contribution in [0.5, 0.6) is 0 Å². The molecule has 0 fully saturated rings. The number of anilines is 1. The van der Waals surface area contributed by atoms with Gasteiger partial charge >= 0.3 is 5.97 Å². The van der Waals surface area contributed by atoms with E-state index < -0.39 is 0 Å². The number of carbonyl (C=O) groups is 2. The molecular formula is C19H21NO3S2. The van der Waals surface area contributed by atoms with Crippen molar-refractivity contribution in [2.24, 2.45) is 5.92 Å². The van der Waals surface area contributed by atoms with Crippen molar-refractivity contribution in [3.05, 3.63) is 45.8 Å². The summed E-state index contributed by atoms with van der Waals surface area (Å²) in [5.41, 5.74) is 2.19. The highest BCUT2D eigenvalue weighted by Gasteiger charge is 2.29. The van der Waals surface area contributed by atoms with E-state index in [2.05, 4.69) is 12.2 Å². The molecule has 3 rings (SSSR count). The Morgan fingerprint density at radius 2 is 2.08 bits per heavy atom. The van der Waals surface area contributed by atoms with E-state index in [-0.39, 0.29) is 11.9 Å². The van der Waals surface area contributed by atoms with Crippen molar-refractivity contribution in [2.45, 2.75) is 31.1 Å². The first-order valence-electron chi connectivity index (χ1n) is 8.22. The zero-order valence-electron chi connectivity index (χ0n) is 14.5. The van der Waals surface area contributed by atoms with Crippen LogP contribution in [-0.4, -0.2) is 25.2 Å². The molecule has 0 radical (unpaired) electrons. The zero-order chi connectivity index (χ0) is 18.0. The lowest BCUT2D eigenvalue weighted by Gasteiger charge is -2.18. The summed E-state index contributed by atoms with van der Waals surface area (Å²) in [4.78, 5) is 27.2. The van der Waals surface area contributed by atoms with E-state index in [4.69, 9.17) is 4.74 Å². The fourth-order valence-corrected chi connectivity index (χ4v) is 5.15. The average Bonchev–Trinajstić information content (AvgIpc) is 2.97. The van der Waals surface area contributed by atoms with Gasteiger partial charge in [0.2, 0.25) is 0 Å². The highest BCUT2D eigenvalue weighted by Crippen LogP contribution is 2.40. The van der Waals surface area contributed by atoms with Crippen LogP contribution in [-0.2, 0) is 17.6 Å². The number of thiophene rings is 1. The van der Waals surface area contributed by atoms with Crippen LogP contribution in [0.4, 0.5) is 5.00 Å². The van der Waals surface area contributed by atoms with Crippen molar-refractivity contribution >= 4 is 40.0 Å². The van der Waals surface area contributed by atoms with Gasteiger partial charge < -0.3 is 10.1 Å². The van der Waals surface area contributed by atoms with Gasteiger partial charge in [-0.05, 0) is 49.1 Å². The van der Waals surface area contributed by atoms with Gasteiger partial charge in [-0.25, -0.2) is 4.79 Å².